The van der Waals surface area contributed by atoms with Gasteiger partial charge < -0.3 is 17.5 Å². The van der Waals surface area contributed by atoms with Crippen molar-refractivity contribution in [2.45, 2.75) is 32.0 Å². The number of rotatable bonds is 4. The van der Waals surface area contributed by atoms with Crippen LogP contribution in [-0.4, -0.2) is 48.7 Å². The van der Waals surface area contributed by atoms with Gasteiger partial charge in [0.15, 0.2) is 0 Å². The van der Waals surface area contributed by atoms with E-state index in [1.807, 2.05) is 17.3 Å². The van der Waals surface area contributed by atoms with E-state index >= 15 is 0 Å². The lowest BCUT2D eigenvalue weighted by atomic mass is 10.3. The van der Waals surface area contributed by atoms with Crippen molar-refractivity contribution in [1.29, 1.82) is 0 Å². The zero-order valence-corrected chi connectivity index (χ0v) is 12.7. The predicted octanol–water partition coefficient (Wildman–Crippen LogP) is 1.19. The number of amides is 1. The first kappa shape index (κ1) is 13.8. The average Bonchev–Trinajstić information content (AvgIpc) is 2.28. The molecule has 1 saturated heterocycles. The second-order valence-corrected chi connectivity index (χ2v) is 11.7. The largest absolute Gasteiger partial charge is 0.454 e. The van der Waals surface area contributed by atoms with Crippen LogP contribution in [0.3, 0.4) is 0 Å². The summed E-state index contributed by atoms with van der Waals surface area (Å²) in [6.45, 7) is 3.99. The molecular formula is C9H21NO4Si2. The fraction of sp³-hybridized carbons (Fsp3) is 0.889. The molecule has 1 aliphatic rings. The van der Waals surface area contributed by atoms with Crippen LogP contribution in [0.2, 0.25) is 19.1 Å². The second-order valence-electron chi connectivity index (χ2n) is 4.35. The first-order valence-corrected chi connectivity index (χ1v) is 10.2. The molecule has 1 aliphatic heterocycles. The third-order valence-corrected chi connectivity index (χ3v) is 11.3. The van der Waals surface area contributed by atoms with Crippen LogP contribution in [0.1, 0.15) is 12.8 Å². The van der Waals surface area contributed by atoms with Gasteiger partial charge in [0.05, 0.1) is 0 Å². The van der Waals surface area contributed by atoms with Gasteiger partial charge in [-0.2, -0.15) is 0 Å². The van der Waals surface area contributed by atoms with Gasteiger partial charge in [-0.25, -0.2) is 0 Å². The molecule has 0 aliphatic carbocycles. The second kappa shape index (κ2) is 4.97. The van der Waals surface area contributed by atoms with E-state index in [0.29, 0.717) is 6.42 Å². The van der Waals surface area contributed by atoms with E-state index in [4.69, 9.17) is 13.3 Å². The Kier molecular flexibility index (Phi) is 4.30. The summed E-state index contributed by atoms with van der Waals surface area (Å²) in [5.74, 6) is 0.111. The monoisotopic (exact) mass is 263 g/mol. The van der Waals surface area contributed by atoms with Crippen molar-refractivity contribution in [2.24, 2.45) is 0 Å². The Balaban J connectivity index is 3.10. The fourth-order valence-electron chi connectivity index (χ4n) is 2.15. The molecule has 0 radical (unpaired) electrons. The van der Waals surface area contributed by atoms with Gasteiger partial charge in [-0.05, 0) is 19.5 Å². The topological polar surface area (TPSA) is 48.0 Å². The number of carbonyl (C=O) groups excluding carboxylic acids is 1. The van der Waals surface area contributed by atoms with Gasteiger partial charge >= 0.3 is 8.72 Å². The number of hydrogen-bond donors (Lipinski definition) is 0. The highest BCUT2D eigenvalue weighted by molar-refractivity contribution is 6.86. The standard InChI is InChI=1S/C9H21NO4Si2/c1-12-15(4,5)10-9(11)7-6-8-16(10,13-2)14-3/h6-8H2,1-5H3. The summed E-state index contributed by atoms with van der Waals surface area (Å²) in [5.41, 5.74) is 0. The van der Waals surface area contributed by atoms with Gasteiger partial charge in [0.2, 0.25) is 5.91 Å². The van der Waals surface area contributed by atoms with E-state index in [1.165, 1.54) is 0 Å². The van der Waals surface area contributed by atoms with E-state index in [9.17, 15) is 4.79 Å². The zero-order valence-electron chi connectivity index (χ0n) is 10.7. The summed E-state index contributed by atoms with van der Waals surface area (Å²) in [7, 11) is 0.124. The highest BCUT2D eigenvalue weighted by Crippen LogP contribution is 2.31. The van der Waals surface area contributed by atoms with Crippen LogP contribution >= 0.6 is 0 Å². The third kappa shape index (κ3) is 2.23. The Morgan fingerprint density at radius 1 is 1.25 bits per heavy atom. The van der Waals surface area contributed by atoms with Crippen molar-refractivity contribution >= 4 is 23.1 Å². The normalized spacial score (nSPS) is 21.3. The first-order chi connectivity index (χ1) is 7.43. The van der Waals surface area contributed by atoms with Gasteiger partial charge in [0.1, 0.15) is 0 Å². The molecule has 1 heterocycles. The maximum absolute atomic E-state index is 12.1. The van der Waals surface area contributed by atoms with Gasteiger partial charge in [0.25, 0.3) is 8.48 Å². The minimum absolute atomic E-state index is 0.111. The van der Waals surface area contributed by atoms with Crippen LogP contribution in [0.4, 0.5) is 0 Å². The number of hydrogen-bond acceptors (Lipinski definition) is 4. The Labute approximate surface area is 99.2 Å². The molecule has 5 nitrogen and oxygen atoms in total. The SMILES string of the molecule is CO[Si](C)(C)N1C(=O)CCC[Si]1(OC)OC. The Hall–Kier alpha value is -0.216. The van der Waals surface area contributed by atoms with Crippen molar-refractivity contribution in [3.8, 4) is 0 Å². The molecular weight excluding hydrogens is 242 g/mol. The molecule has 0 spiro atoms. The van der Waals surface area contributed by atoms with Crippen LogP contribution in [0, 0.1) is 0 Å². The van der Waals surface area contributed by atoms with Crippen molar-refractivity contribution in [3.05, 3.63) is 0 Å². The number of carbonyl (C=O) groups is 1. The minimum Gasteiger partial charge on any atom is -0.403 e. The lowest BCUT2D eigenvalue weighted by Crippen LogP contribution is -2.71. The molecule has 0 aromatic heterocycles. The van der Waals surface area contributed by atoms with Crippen LogP contribution in [0.5, 0.6) is 0 Å². The molecule has 1 rings (SSSR count). The average molecular weight is 263 g/mol. The Morgan fingerprint density at radius 2 is 1.81 bits per heavy atom. The van der Waals surface area contributed by atoms with Gasteiger partial charge in [-0.1, -0.05) is 0 Å². The summed E-state index contributed by atoms with van der Waals surface area (Å²) in [6.07, 6.45) is 1.42. The molecule has 1 fully saturated rings. The van der Waals surface area contributed by atoms with Crippen molar-refractivity contribution < 1.29 is 18.1 Å². The van der Waals surface area contributed by atoms with Crippen molar-refractivity contribution in [2.75, 3.05) is 21.3 Å². The summed E-state index contributed by atoms with van der Waals surface area (Å²) >= 11 is 0. The summed E-state index contributed by atoms with van der Waals surface area (Å²) in [4.78, 5) is 12.1. The molecule has 16 heavy (non-hydrogen) atoms. The minimum atomic E-state index is -2.56. The maximum atomic E-state index is 12.1. The molecule has 0 N–H and O–H groups in total. The van der Waals surface area contributed by atoms with E-state index in [0.717, 1.165) is 12.5 Å². The van der Waals surface area contributed by atoms with Crippen LogP contribution in [-0.2, 0) is 18.1 Å². The van der Waals surface area contributed by atoms with E-state index < -0.39 is 17.2 Å². The molecule has 0 bridgehead atoms. The summed E-state index contributed by atoms with van der Waals surface area (Å²) < 4.78 is 18.5. The smallest absolute Gasteiger partial charge is 0.403 e. The van der Waals surface area contributed by atoms with Crippen LogP contribution in [0.25, 0.3) is 0 Å². The molecule has 0 atom stereocenters. The molecule has 7 heteroatoms. The fourth-order valence-corrected chi connectivity index (χ4v) is 9.76. The molecule has 0 aromatic rings. The third-order valence-electron chi connectivity index (χ3n) is 3.15. The van der Waals surface area contributed by atoms with Crippen molar-refractivity contribution in [1.82, 2.24) is 4.23 Å². The molecule has 0 unspecified atom stereocenters. The van der Waals surface area contributed by atoms with E-state index in [1.54, 1.807) is 21.3 Å². The summed E-state index contributed by atoms with van der Waals surface area (Å²) in [5, 5.41) is 0. The quantitative estimate of drug-likeness (QED) is 0.715. The molecule has 94 valence electrons. The van der Waals surface area contributed by atoms with Crippen LogP contribution < -0.4 is 0 Å². The molecule has 1 amide bonds. The lowest BCUT2D eigenvalue weighted by Gasteiger charge is -2.47. The van der Waals surface area contributed by atoms with E-state index in [2.05, 4.69) is 0 Å². The van der Waals surface area contributed by atoms with Crippen LogP contribution in [0.15, 0.2) is 0 Å². The zero-order chi connectivity index (χ0) is 12.4. The molecule has 0 saturated carbocycles. The van der Waals surface area contributed by atoms with Crippen molar-refractivity contribution in [3.63, 3.8) is 0 Å². The highest BCUT2D eigenvalue weighted by Gasteiger charge is 2.55. The van der Waals surface area contributed by atoms with Gasteiger partial charge in [-0.3, -0.25) is 4.79 Å². The Morgan fingerprint density at radius 3 is 2.25 bits per heavy atom. The Bertz CT molecular complexity index is 268. The maximum Gasteiger partial charge on any atom is 0.454 e. The van der Waals surface area contributed by atoms with Gasteiger partial charge in [-0.15, -0.1) is 0 Å². The molecule has 0 aromatic carbocycles. The summed E-state index contributed by atoms with van der Waals surface area (Å²) in [6, 6.07) is 0.825. The lowest BCUT2D eigenvalue weighted by molar-refractivity contribution is -0.127. The first-order valence-electron chi connectivity index (χ1n) is 5.42. The van der Waals surface area contributed by atoms with E-state index in [-0.39, 0.29) is 5.91 Å². The van der Waals surface area contributed by atoms with Gasteiger partial charge in [0, 0.05) is 33.8 Å². The highest BCUT2D eigenvalue weighted by atomic mass is 28.4. The predicted molar refractivity (Wildman–Crippen MR) is 65.2 cm³/mol. The number of nitrogens with zero attached hydrogens (tertiary/aromatic N) is 1.